The van der Waals surface area contributed by atoms with Crippen molar-refractivity contribution in [3.05, 3.63) is 34.4 Å². The second-order valence-corrected chi connectivity index (χ2v) is 6.08. The third kappa shape index (κ3) is 2.66. The Morgan fingerprint density at radius 3 is 1.91 bits per heavy atom. The van der Waals surface area contributed by atoms with Crippen molar-refractivity contribution in [1.29, 1.82) is 0 Å². The van der Waals surface area contributed by atoms with Gasteiger partial charge in [0, 0.05) is 5.56 Å². The average molecular weight is 334 g/mol. The van der Waals surface area contributed by atoms with Gasteiger partial charge >= 0.3 is 11.9 Å². The zero-order chi connectivity index (χ0) is 17.7. The number of rotatable bonds is 4. The normalized spacial score (nSPS) is 21.9. The van der Waals surface area contributed by atoms with E-state index in [1.54, 1.807) is 0 Å². The largest absolute Gasteiger partial charge is 0.481 e. The van der Waals surface area contributed by atoms with Gasteiger partial charge in [0.05, 0.1) is 17.4 Å². The van der Waals surface area contributed by atoms with Crippen molar-refractivity contribution in [3.8, 4) is 0 Å². The topological polar surface area (TPSA) is 63.6 Å². The second kappa shape index (κ2) is 5.50. The van der Waals surface area contributed by atoms with Gasteiger partial charge < -0.3 is 9.84 Å². The summed E-state index contributed by atoms with van der Waals surface area (Å²) >= 11 is 0. The number of carbonyl (C=O) groups excluding carboxylic acids is 1. The summed E-state index contributed by atoms with van der Waals surface area (Å²) in [6.45, 7) is 2.91. The Bertz CT molecular complexity index is 670. The van der Waals surface area contributed by atoms with Crippen LogP contribution in [0.1, 0.15) is 25.0 Å². The minimum atomic E-state index is -1.64. The van der Waals surface area contributed by atoms with E-state index in [1.807, 2.05) is 0 Å². The molecule has 1 aliphatic carbocycles. The summed E-state index contributed by atoms with van der Waals surface area (Å²) in [6.07, 6.45) is 0. The van der Waals surface area contributed by atoms with Crippen LogP contribution in [-0.2, 0) is 20.9 Å². The van der Waals surface area contributed by atoms with Crippen molar-refractivity contribution in [2.24, 2.45) is 17.3 Å². The summed E-state index contributed by atoms with van der Waals surface area (Å²) in [7, 11) is 0. The van der Waals surface area contributed by atoms with Gasteiger partial charge in [-0.15, -0.1) is 0 Å². The number of hydrogen-bond acceptors (Lipinski definition) is 3. The van der Waals surface area contributed by atoms with Crippen LogP contribution in [0, 0.1) is 47.4 Å². The van der Waals surface area contributed by atoms with Gasteiger partial charge in [-0.1, -0.05) is 13.8 Å². The van der Waals surface area contributed by atoms with Crippen LogP contribution in [-0.4, -0.2) is 17.0 Å². The molecule has 1 aromatic carbocycles. The predicted molar refractivity (Wildman–Crippen MR) is 69.2 cm³/mol. The summed E-state index contributed by atoms with van der Waals surface area (Å²) < 4.78 is 58.8. The fraction of sp³-hybridized carbons (Fsp3) is 0.467. The molecule has 0 amide bonds. The third-order valence-electron chi connectivity index (χ3n) is 4.28. The van der Waals surface area contributed by atoms with Crippen LogP contribution >= 0.6 is 0 Å². The van der Waals surface area contributed by atoms with Crippen LogP contribution in [0.2, 0.25) is 0 Å². The molecular formula is C15H14F4O4. The molecule has 1 N–H and O–H groups in total. The molecule has 4 nitrogen and oxygen atoms in total. The van der Waals surface area contributed by atoms with Crippen LogP contribution in [0.3, 0.4) is 0 Å². The molecule has 2 rings (SSSR count). The maximum absolute atomic E-state index is 13.7. The van der Waals surface area contributed by atoms with Crippen molar-refractivity contribution in [2.75, 3.05) is 0 Å². The third-order valence-corrected chi connectivity index (χ3v) is 4.28. The predicted octanol–water partition coefficient (Wildman–Crippen LogP) is 2.95. The lowest BCUT2D eigenvalue weighted by atomic mass is 10.1. The monoisotopic (exact) mass is 334 g/mol. The van der Waals surface area contributed by atoms with E-state index in [1.165, 1.54) is 13.8 Å². The van der Waals surface area contributed by atoms with Crippen LogP contribution in [0.5, 0.6) is 0 Å². The van der Waals surface area contributed by atoms with Gasteiger partial charge in [-0.25, -0.2) is 17.6 Å². The summed E-state index contributed by atoms with van der Waals surface area (Å²) in [4.78, 5) is 22.8. The van der Waals surface area contributed by atoms with E-state index < -0.39 is 70.2 Å². The lowest BCUT2D eigenvalue weighted by Gasteiger charge is -2.10. The molecule has 8 heteroatoms. The van der Waals surface area contributed by atoms with E-state index in [0.717, 1.165) is 6.92 Å². The number of ether oxygens (including phenoxy) is 1. The van der Waals surface area contributed by atoms with E-state index in [9.17, 15) is 27.2 Å². The number of carboxylic acids is 1. The SMILES string of the molecule is Cc1c(F)c(F)c(COC(=O)C2C(C(=O)O)C2(C)C)c(F)c1F. The number of carbonyl (C=O) groups is 2. The highest BCUT2D eigenvalue weighted by Gasteiger charge is 2.66. The zero-order valence-corrected chi connectivity index (χ0v) is 12.5. The Kier molecular flexibility index (Phi) is 4.13. The summed E-state index contributed by atoms with van der Waals surface area (Å²) in [6, 6.07) is 0. The van der Waals surface area contributed by atoms with E-state index in [2.05, 4.69) is 4.74 Å². The first-order valence-corrected chi connectivity index (χ1v) is 6.72. The lowest BCUT2D eigenvalue weighted by Crippen LogP contribution is -2.14. The molecule has 126 valence electrons. The molecule has 1 fully saturated rings. The number of aliphatic carboxylic acids is 1. The summed E-state index contributed by atoms with van der Waals surface area (Å²) in [5, 5.41) is 8.96. The summed E-state index contributed by atoms with van der Waals surface area (Å²) in [5.41, 5.74) is -2.72. The first-order valence-electron chi connectivity index (χ1n) is 6.72. The molecule has 2 atom stereocenters. The van der Waals surface area contributed by atoms with Crippen LogP contribution in [0.15, 0.2) is 0 Å². The van der Waals surface area contributed by atoms with E-state index in [-0.39, 0.29) is 0 Å². The molecule has 0 spiro atoms. The highest BCUT2D eigenvalue weighted by molar-refractivity contribution is 5.88. The Hall–Kier alpha value is -2.12. The van der Waals surface area contributed by atoms with Crippen molar-refractivity contribution in [3.63, 3.8) is 0 Å². The number of carboxylic acid groups (broad SMARTS) is 1. The van der Waals surface area contributed by atoms with Gasteiger partial charge in [0.2, 0.25) is 0 Å². The molecule has 0 radical (unpaired) electrons. The molecule has 0 bridgehead atoms. The molecule has 1 saturated carbocycles. The first kappa shape index (κ1) is 17.2. The molecular weight excluding hydrogens is 320 g/mol. The van der Waals surface area contributed by atoms with Gasteiger partial charge in [0.15, 0.2) is 23.3 Å². The van der Waals surface area contributed by atoms with Gasteiger partial charge in [-0.3, -0.25) is 9.59 Å². The molecule has 2 unspecified atom stereocenters. The van der Waals surface area contributed by atoms with E-state index in [4.69, 9.17) is 5.11 Å². The molecule has 0 saturated heterocycles. The van der Waals surface area contributed by atoms with Gasteiger partial charge in [-0.05, 0) is 12.3 Å². The zero-order valence-electron chi connectivity index (χ0n) is 12.5. The van der Waals surface area contributed by atoms with Crippen LogP contribution in [0.4, 0.5) is 17.6 Å². The standard InChI is InChI=1S/C15H14F4O4/c1-5-9(16)11(18)6(12(19)10(5)17)4-23-14(22)8-7(13(20)21)15(8,2)3/h7-8H,4H2,1-3H3,(H,20,21). The number of halogens is 4. The quantitative estimate of drug-likeness (QED) is 0.522. The highest BCUT2D eigenvalue weighted by atomic mass is 19.2. The van der Waals surface area contributed by atoms with Crippen molar-refractivity contribution >= 4 is 11.9 Å². The molecule has 0 aliphatic heterocycles. The minimum absolute atomic E-state index is 0.815. The van der Waals surface area contributed by atoms with E-state index >= 15 is 0 Å². The number of esters is 1. The second-order valence-electron chi connectivity index (χ2n) is 6.08. The van der Waals surface area contributed by atoms with E-state index in [0.29, 0.717) is 0 Å². The fourth-order valence-corrected chi connectivity index (χ4v) is 2.69. The Balaban J connectivity index is 2.17. The summed E-state index contributed by atoms with van der Waals surface area (Å²) in [5.74, 6) is -10.5. The van der Waals surface area contributed by atoms with Crippen molar-refractivity contribution in [2.45, 2.75) is 27.4 Å². The molecule has 0 aromatic heterocycles. The van der Waals surface area contributed by atoms with Crippen LogP contribution < -0.4 is 0 Å². The average Bonchev–Trinajstić information content (AvgIpc) is 3.06. The molecule has 23 heavy (non-hydrogen) atoms. The molecule has 1 aliphatic rings. The van der Waals surface area contributed by atoms with Crippen LogP contribution in [0.25, 0.3) is 0 Å². The molecule has 1 aromatic rings. The highest BCUT2D eigenvalue weighted by Crippen LogP contribution is 2.58. The van der Waals surface area contributed by atoms with Gasteiger partial charge in [0.25, 0.3) is 0 Å². The van der Waals surface area contributed by atoms with Gasteiger partial charge in [-0.2, -0.15) is 0 Å². The van der Waals surface area contributed by atoms with Crippen molar-refractivity contribution < 1.29 is 37.0 Å². The minimum Gasteiger partial charge on any atom is -0.481 e. The lowest BCUT2D eigenvalue weighted by molar-refractivity contribution is -0.150. The number of benzene rings is 1. The molecule has 0 heterocycles. The smallest absolute Gasteiger partial charge is 0.310 e. The Labute approximate surface area is 129 Å². The maximum atomic E-state index is 13.7. The first-order chi connectivity index (χ1) is 10.5. The maximum Gasteiger partial charge on any atom is 0.310 e. The van der Waals surface area contributed by atoms with Gasteiger partial charge in [0.1, 0.15) is 6.61 Å². The van der Waals surface area contributed by atoms with Crippen molar-refractivity contribution in [1.82, 2.24) is 0 Å². The Morgan fingerprint density at radius 1 is 1.04 bits per heavy atom. The number of hydrogen-bond donors (Lipinski definition) is 1. The fourth-order valence-electron chi connectivity index (χ4n) is 2.69. The Morgan fingerprint density at radius 2 is 1.52 bits per heavy atom.